The van der Waals surface area contributed by atoms with Crippen LogP contribution >= 0.6 is 11.8 Å². The summed E-state index contributed by atoms with van der Waals surface area (Å²) in [5.41, 5.74) is 1.07. The first-order chi connectivity index (χ1) is 8.48. The van der Waals surface area contributed by atoms with Gasteiger partial charge < -0.3 is 5.32 Å². The van der Waals surface area contributed by atoms with Crippen molar-refractivity contribution >= 4 is 17.4 Å². The standard InChI is InChI=1S/C12H13F3N2S/c1-18-11-5-2-4-10(9(11)8-16)17-7-3-6-12(13,14)15/h2,4-5,17H,3,6-7H2,1H3. The third-order valence-electron chi connectivity index (χ3n) is 2.31. The summed E-state index contributed by atoms with van der Waals surface area (Å²) in [5, 5.41) is 11.9. The molecule has 18 heavy (non-hydrogen) atoms. The second kappa shape index (κ2) is 6.55. The minimum Gasteiger partial charge on any atom is -0.384 e. The van der Waals surface area contributed by atoms with Gasteiger partial charge in [-0.15, -0.1) is 11.8 Å². The SMILES string of the molecule is CSc1cccc(NCCCC(F)(F)F)c1C#N. The molecule has 98 valence electrons. The highest BCUT2D eigenvalue weighted by Crippen LogP contribution is 2.26. The molecule has 1 rings (SSSR count). The van der Waals surface area contributed by atoms with Crippen molar-refractivity contribution in [3.8, 4) is 6.07 Å². The smallest absolute Gasteiger partial charge is 0.384 e. The van der Waals surface area contributed by atoms with Gasteiger partial charge in [0, 0.05) is 17.9 Å². The fourth-order valence-corrected chi connectivity index (χ4v) is 2.05. The molecule has 1 aromatic rings. The lowest BCUT2D eigenvalue weighted by Gasteiger charge is -2.11. The van der Waals surface area contributed by atoms with Gasteiger partial charge in [0.05, 0.1) is 11.3 Å². The molecule has 0 aromatic heterocycles. The minimum absolute atomic E-state index is 0.00212. The van der Waals surface area contributed by atoms with Crippen LogP contribution in [-0.2, 0) is 0 Å². The number of halogens is 3. The Kier molecular flexibility index (Phi) is 5.35. The lowest BCUT2D eigenvalue weighted by Crippen LogP contribution is -2.11. The lowest BCUT2D eigenvalue weighted by molar-refractivity contribution is -0.134. The van der Waals surface area contributed by atoms with Gasteiger partial charge in [0.1, 0.15) is 6.07 Å². The average molecular weight is 274 g/mol. The van der Waals surface area contributed by atoms with E-state index in [-0.39, 0.29) is 13.0 Å². The summed E-state index contributed by atoms with van der Waals surface area (Å²) in [6.07, 6.45) is -3.09. The van der Waals surface area contributed by atoms with E-state index in [1.54, 1.807) is 12.1 Å². The van der Waals surface area contributed by atoms with E-state index in [0.29, 0.717) is 11.3 Å². The highest BCUT2D eigenvalue weighted by molar-refractivity contribution is 7.98. The van der Waals surface area contributed by atoms with Gasteiger partial charge in [-0.1, -0.05) is 6.07 Å². The maximum atomic E-state index is 12.0. The highest BCUT2D eigenvalue weighted by atomic mass is 32.2. The first kappa shape index (κ1) is 14.7. The summed E-state index contributed by atoms with van der Waals surface area (Å²) in [6.45, 7) is 0.200. The Morgan fingerprint density at radius 2 is 2.11 bits per heavy atom. The molecule has 0 spiro atoms. The average Bonchev–Trinajstić information content (AvgIpc) is 2.32. The second-order valence-corrected chi connectivity index (χ2v) is 4.49. The third-order valence-corrected chi connectivity index (χ3v) is 3.09. The maximum Gasteiger partial charge on any atom is 0.389 e. The second-order valence-electron chi connectivity index (χ2n) is 3.64. The zero-order valence-corrected chi connectivity index (χ0v) is 10.7. The van der Waals surface area contributed by atoms with Gasteiger partial charge >= 0.3 is 6.18 Å². The molecule has 0 saturated heterocycles. The number of benzene rings is 1. The quantitative estimate of drug-likeness (QED) is 0.650. The predicted molar refractivity (Wildman–Crippen MR) is 66.7 cm³/mol. The van der Waals surface area contributed by atoms with Gasteiger partial charge in [-0.25, -0.2) is 0 Å². The monoisotopic (exact) mass is 274 g/mol. The molecule has 0 saturated carbocycles. The van der Waals surface area contributed by atoms with Crippen LogP contribution in [-0.4, -0.2) is 19.0 Å². The van der Waals surface area contributed by atoms with E-state index in [2.05, 4.69) is 11.4 Å². The Morgan fingerprint density at radius 1 is 1.39 bits per heavy atom. The van der Waals surface area contributed by atoms with Gasteiger partial charge in [-0.2, -0.15) is 18.4 Å². The van der Waals surface area contributed by atoms with E-state index in [1.165, 1.54) is 11.8 Å². The van der Waals surface area contributed by atoms with Gasteiger partial charge in [0.15, 0.2) is 0 Å². The Hall–Kier alpha value is -1.35. The third kappa shape index (κ3) is 4.49. The Balaban J connectivity index is 2.60. The molecule has 0 heterocycles. The molecule has 0 amide bonds. The molecule has 1 N–H and O–H groups in total. The van der Waals surface area contributed by atoms with E-state index in [0.717, 1.165) is 4.90 Å². The van der Waals surface area contributed by atoms with Crippen LogP contribution in [0.1, 0.15) is 18.4 Å². The van der Waals surface area contributed by atoms with Crippen LogP contribution < -0.4 is 5.32 Å². The van der Waals surface area contributed by atoms with Crippen molar-refractivity contribution in [2.75, 3.05) is 18.1 Å². The summed E-state index contributed by atoms with van der Waals surface area (Å²) in [7, 11) is 0. The summed E-state index contributed by atoms with van der Waals surface area (Å²) in [4.78, 5) is 0.818. The Bertz CT molecular complexity index is 438. The Morgan fingerprint density at radius 3 is 2.67 bits per heavy atom. The predicted octanol–water partition coefficient (Wildman–Crippen LogP) is 4.03. The van der Waals surface area contributed by atoms with E-state index in [9.17, 15) is 13.2 Å². The van der Waals surface area contributed by atoms with Crippen molar-refractivity contribution in [3.63, 3.8) is 0 Å². The molecule has 0 fully saturated rings. The van der Waals surface area contributed by atoms with E-state index < -0.39 is 12.6 Å². The summed E-state index contributed by atoms with van der Waals surface area (Å²) < 4.78 is 35.9. The maximum absolute atomic E-state index is 12.0. The number of thioether (sulfide) groups is 1. The van der Waals surface area contributed by atoms with Crippen molar-refractivity contribution in [2.24, 2.45) is 0 Å². The van der Waals surface area contributed by atoms with Gasteiger partial charge in [-0.05, 0) is 24.8 Å². The van der Waals surface area contributed by atoms with Crippen molar-refractivity contribution in [1.82, 2.24) is 0 Å². The molecular weight excluding hydrogens is 261 g/mol. The topological polar surface area (TPSA) is 35.8 Å². The van der Waals surface area contributed by atoms with Crippen LogP contribution in [0, 0.1) is 11.3 Å². The first-order valence-corrected chi connectivity index (χ1v) is 6.58. The summed E-state index contributed by atoms with van der Waals surface area (Å²) in [6, 6.07) is 7.35. The number of nitrogens with one attached hydrogen (secondary N) is 1. The van der Waals surface area contributed by atoms with Crippen molar-refractivity contribution in [3.05, 3.63) is 23.8 Å². The Labute approximate surface area is 108 Å². The number of rotatable bonds is 5. The fraction of sp³-hybridized carbons (Fsp3) is 0.417. The van der Waals surface area contributed by atoms with Crippen LogP contribution in [0.5, 0.6) is 0 Å². The zero-order valence-electron chi connectivity index (χ0n) is 9.84. The van der Waals surface area contributed by atoms with Crippen LogP contribution in [0.4, 0.5) is 18.9 Å². The zero-order chi connectivity index (χ0) is 13.6. The molecule has 0 bridgehead atoms. The molecule has 0 aliphatic rings. The molecule has 0 aliphatic heterocycles. The molecule has 2 nitrogen and oxygen atoms in total. The van der Waals surface area contributed by atoms with Gasteiger partial charge in [0.25, 0.3) is 0 Å². The summed E-state index contributed by atoms with van der Waals surface area (Å²) in [5.74, 6) is 0. The number of hydrogen-bond donors (Lipinski definition) is 1. The van der Waals surface area contributed by atoms with E-state index >= 15 is 0 Å². The van der Waals surface area contributed by atoms with E-state index in [4.69, 9.17) is 5.26 Å². The van der Waals surface area contributed by atoms with Crippen LogP contribution in [0.15, 0.2) is 23.1 Å². The molecule has 0 aliphatic carbocycles. The number of anilines is 1. The fourth-order valence-electron chi connectivity index (χ4n) is 1.48. The van der Waals surface area contributed by atoms with Crippen molar-refractivity contribution in [2.45, 2.75) is 23.9 Å². The van der Waals surface area contributed by atoms with Crippen molar-refractivity contribution in [1.29, 1.82) is 5.26 Å². The lowest BCUT2D eigenvalue weighted by atomic mass is 10.2. The minimum atomic E-state index is -4.12. The number of nitriles is 1. The summed E-state index contributed by atoms with van der Waals surface area (Å²) >= 11 is 1.44. The normalized spacial score (nSPS) is 11.1. The van der Waals surface area contributed by atoms with Crippen molar-refractivity contribution < 1.29 is 13.2 Å². The number of alkyl halides is 3. The largest absolute Gasteiger partial charge is 0.389 e. The molecule has 6 heteroatoms. The van der Waals surface area contributed by atoms with Gasteiger partial charge in [0.2, 0.25) is 0 Å². The van der Waals surface area contributed by atoms with Crippen LogP contribution in [0.3, 0.4) is 0 Å². The van der Waals surface area contributed by atoms with Gasteiger partial charge in [-0.3, -0.25) is 0 Å². The molecule has 1 aromatic carbocycles. The molecule has 0 unspecified atom stereocenters. The first-order valence-electron chi connectivity index (χ1n) is 5.35. The molecule has 0 radical (unpaired) electrons. The molecule has 0 atom stereocenters. The van der Waals surface area contributed by atoms with E-state index in [1.807, 2.05) is 12.3 Å². The number of nitrogens with zero attached hydrogens (tertiary/aromatic N) is 1. The number of hydrogen-bond acceptors (Lipinski definition) is 3. The van der Waals surface area contributed by atoms with Crippen LogP contribution in [0.25, 0.3) is 0 Å². The van der Waals surface area contributed by atoms with Crippen LogP contribution in [0.2, 0.25) is 0 Å². The molecular formula is C12H13F3N2S. The highest BCUT2D eigenvalue weighted by Gasteiger charge is 2.25.